The number of hydrogen-bond acceptors (Lipinski definition) is 6. The summed E-state index contributed by atoms with van der Waals surface area (Å²) >= 11 is 2.07. The van der Waals surface area contributed by atoms with E-state index < -0.39 is 11.9 Å². The number of nitrogens with one attached hydrogen (secondary N) is 1. The molecular formula is C26H21IN2O6. The fourth-order valence-corrected chi connectivity index (χ4v) is 3.86. The monoisotopic (exact) mass is 584 g/mol. The zero-order chi connectivity index (χ0) is 25.4. The molecule has 0 spiro atoms. The van der Waals surface area contributed by atoms with Crippen LogP contribution in [0.2, 0.25) is 0 Å². The van der Waals surface area contributed by atoms with Crippen LogP contribution in [0, 0.1) is 14.9 Å². The third-order valence-electron chi connectivity index (χ3n) is 4.69. The molecule has 0 heterocycles. The summed E-state index contributed by atoms with van der Waals surface area (Å²) in [6.45, 7) is 2.31. The van der Waals surface area contributed by atoms with E-state index in [-0.39, 0.29) is 23.5 Å². The van der Waals surface area contributed by atoms with Crippen molar-refractivity contribution >= 4 is 46.2 Å². The molecule has 0 aliphatic carbocycles. The summed E-state index contributed by atoms with van der Waals surface area (Å²) in [5.41, 5.74) is 1.74. The van der Waals surface area contributed by atoms with Crippen LogP contribution in [0.5, 0.6) is 17.2 Å². The number of nitriles is 1. The number of carboxylic acids is 1. The number of anilines is 1. The first kappa shape index (κ1) is 25.6. The fraction of sp³-hybridized carbons (Fsp3) is 0.115. The van der Waals surface area contributed by atoms with E-state index in [2.05, 4.69) is 27.9 Å². The number of ether oxygens (including phenoxy) is 2. The molecule has 0 aliphatic heterocycles. The molecule has 1 amide bonds. The number of aromatic carboxylic acids is 1. The van der Waals surface area contributed by atoms with E-state index in [0.29, 0.717) is 38.5 Å². The minimum atomic E-state index is -1.02. The van der Waals surface area contributed by atoms with Crippen molar-refractivity contribution in [3.63, 3.8) is 0 Å². The van der Waals surface area contributed by atoms with Crippen LogP contribution in [0.15, 0.2) is 66.2 Å². The SMILES string of the molecule is CCOc1cc(/C=C(/C#N)C(=O)Nc2ccc(O)cc2)cc(I)c1OCc1cccc(C(=O)O)c1. The van der Waals surface area contributed by atoms with Gasteiger partial charge in [-0.15, -0.1) is 0 Å². The maximum absolute atomic E-state index is 12.6. The van der Waals surface area contributed by atoms with Gasteiger partial charge in [-0.05, 0) is 95.2 Å². The lowest BCUT2D eigenvalue weighted by Gasteiger charge is -2.15. The summed E-state index contributed by atoms with van der Waals surface area (Å²) in [4.78, 5) is 23.8. The second kappa shape index (κ2) is 11.9. The molecule has 0 aliphatic rings. The van der Waals surface area contributed by atoms with E-state index >= 15 is 0 Å². The maximum atomic E-state index is 12.6. The molecule has 178 valence electrons. The summed E-state index contributed by atoms with van der Waals surface area (Å²) in [5, 5.41) is 30.7. The van der Waals surface area contributed by atoms with Crippen LogP contribution in [0.25, 0.3) is 6.08 Å². The van der Waals surface area contributed by atoms with E-state index in [9.17, 15) is 25.1 Å². The predicted octanol–water partition coefficient (Wildman–Crippen LogP) is 5.22. The van der Waals surface area contributed by atoms with Crippen molar-refractivity contribution in [3.05, 3.63) is 86.5 Å². The Labute approximate surface area is 215 Å². The Balaban J connectivity index is 1.84. The number of rotatable bonds is 9. The van der Waals surface area contributed by atoms with Crippen LogP contribution in [-0.4, -0.2) is 28.7 Å². The largest absolute Gasteiger partial charge is 0.508 e. The highest BCUT2D eigenvalue weighted by atomic mass is 127. The van der Waals surface area contributed by atoms with Gasteiger partial charge in [0.25, 0.3) is 5.91 Å². The lowest BCUT2D eigenvalue weighted by atomic mass is 10.1. The molecule has 0 saturated heterocycles. The Bertz CT molecular complexity index is 1310. The van der Waals surface area contributed by atoms with Gasteiger partial charge in [0.1, 0.15) is 24.0 Å². The third kappa shape index (κ3) is 6.97. The van der Waals surface area contributed by atoms with Gasteiger partial charge in [0, 0.05) is 5.69 Å². The van der Waals surface area contributed by atoms with Crippen LogP contribution in [0.4, 0.5) is 5.69 Å². The summed E-state index contributed by atoms with van der Waals surface area (Å²) < 4.78 is 12.4. The van der Waals surface area contributed by atoms with Gasteiger partial charge in [0.05, 0.1) is 15.7 Å². The highest BCUT2D eigenvalue weighted by Gasteiger charge is 2.15. The van der Waals surface area contributed by atoms with Gasteiger partial charge in [0.2, 0.25) is 0 Å². The molecule has 9 heteroatoms. The molecule has 3 N–H and O–H groups in total. The lowest BCUT2D eigenvalue weighted by Crippen LogP contribution is -2.13. The first-order valence-corrected chi connectivity index (χ1v) is 11.5. The summed E-state index contributed by atoms with van der Waals surface area (Å²) in [5.74, 6) is -0.650. The summed E-state index contributed by atoms with van der Waals surface area (Å²) in [6, 6.07) is 17.7. The van der Waals surface area contributed by atoms with Gasteiger partial charge in [-0.2, -0.15) is 5.26 Å². The number of phenolic OH excluding ortho intramolecular Hbond substituents is 1. The average molecular weight is 584 g/mol. The smallest absolute Gasteiger partial charge is 0.335 e. The van der Waals surface area contributed by atoms with Gasteiger partial charge in [-0.25, -0.2) is 4.79 Å². The second-order valence-electron chi connectivity index (χ2n) is 7.23. The number of nitrogens with zero attached hydrogens (tertiary/aromatic N) is 1. The molecule has 8 nitrogen and oxygen atoms in total. The highest BCUT2D eigenvalue weighted by molar-refractivity contribution is 14.1. The van der Waals surface area contributed by atoms with Gasteiger partial charge < -0.3 is 25.0 Å². The van der Waals surface area contributed by atoms with Crippen molar-refractivity contribution in [3.8, 4) is 23.3 Å². The first-order valence-electron chi connectivity index (χ1n) is 10.4. The minimum absolute atomic E-state index is 0.0639. The number of amides is 1. The number of benzene rings is 3. The Morgan fingerprint density at radius 2 is 1.86 bits per heavy atom. The highest BCUT2D eigenvalue weighted by Crippen LogP contribution is 2.35. The zero-order valence-electron chi connectivity index (χ0n) is 18.6. The fourth-order valence-electron chi connectivity index (χ4n) is 3.08. The average Bonchev–Trinajstić information content (AvgIpc) is 2.83. The van der Waals surface area contributed by atoms with E-state index in [1.165, 1.54) is 36.4 Å². The Hall–Kier alpha value is -4.04. The molecule has 35 heavy (non-hydrogen) atoms. The Kier molecular flexibility index (Phi) is 8.69. The number of phenols is 1. The van der Waals surface area contributed by atoms with E-state index in [1.54, 1.807) is 30.3 Å². The van der Waals surface area contributed by atoms with Gasteiger partial charge in [-0.1, -0.05) is 12.1 Å². The van der Waals surface area contributed by atoms with Crippen molar-refractivity contribution in [2.24, 2.45) is 0 Å². The summed E-state index contributed by atoms with van der Waals surface area (Å²) in [6.07, 6.45) is 1.44. The second-order valence-corrected chi connectivity index (χ2v) is 8.39. The van der Waals surface area contributed by atoms with Crippen LogP contribution in [0.3, 0.4) is 0 Å². The number of carbonyl (C=O) groups is 2. The number of carboxylic acid groups (broad SMARTS) is 1. The van der Waals surface area contributed by atoms with Gasteiger partial charge in [0.15, 0.2) is 11.5 Å². The van der Waals surface area contributed by atoms with Gasteiger partial charge >= 0.3 is 5.97 Å². The quantitative estimate of drug-likeness (QED) is 0.136. The molecule has 0 aromatic heterocycles. The maximum Gasteiger partial charge on any atom is 0.335 e. The van der Waals surface area contributed by atoms with E-state index in [0.717, 1.165) is 0 Å². The van der Waals surface area contributed by atoms with Crippen molar-refractivity contribution in [2.75, 3.05) is 11.9 Å². The third-order valence-corrected chi connectivity index (χ3v) is 5.49. The first-order chi connectivity index (χ1) is 16.8. The van der Waals surface area contributed by atoms with Crippen LogP contribution >= 0.6 is 22.6 Å². The molecule has 0 fully saturated rings. The zero-order valence-corrected chi connectivity index (χ0v) is 20.8. The number of halogens is 1. The van der Waals surface area contributed by atoms with Crippen molar-refractivity contribution < 1.29 is 29.3 Å². The van der Waals surface area contributed by atoms with Crippen molar-refractivity contribution in [2.45, 2.75) is 13.5 Å². The van der Waals surface area contributed by atoms with Crippen LogP contribution in [0.1, 0.15) is 28.4 Å². The normalized spacial score (nSPS) is 10.8. The van der Waals surface area contributed by atoms with Crippen molar-refractivity contribution in [1.29, 1.82) is 5.26 Å². The molecule has 3 rings (SSSR count). The Morgan fingerprint density at radius 1 is 1.11 bits per heavy atom. The molecular weight excluding hydrogens is 563 g/mol. The molecule has 0 bridgehead atoms. The van der Waals surface area contributed by atoms with Crippen molar-refractivity contribution in [1.82, 2.24) is 0 Å². The standard InChI is InChI=1S/C26H21IN2O6/c1-2-34-23-13-17(11-19(14-28)25(31)29-20-6-8-21(30)9-7-20)12-22(27)24(23)35-15-16-4-3-5-18(10-16)26(32)33/h3-13,30H,2,15H2,1H3,(H,29,31)(H,32,33)/b19-11-. The molecule has 0 saturated carbocycles. The number of aromatic hydroxyl groups is 1. The molecule has 3 aromatic carbocycles. The van der Waals surface area contributed by atoms with Gasteiger partial charge in [-0.3, -0.25) is 4.79 Å². The molecule has 0 unspecified atom stereocenters. The summed E-state index contributed by atoms with van der Waals surface area (Å²) in [7, 11) is 0. The molecule has 0 radical (unpaired) electrons. The Morgan fingerprint density at radius 3 is 2.51 bits per heavy atom. The van der Waals surface area contributed by atoms with Crippen LogP contribution in [-0.2, 0) is 11.4 Å². The predicted molar refractivity (Wildman–Crippen MR) is 138 cm³/mol. The van der Waals surface area contributed by atoms with E-state index in [1.807, 2.05) is 13.0 Å². The molecule has 0 atom stereocenters. The topological polar surface area (TPSA) is 129 Å². The minimum Gasteiger partial charge on any atom is -0.508 e. The molecule has 3 aromatic rings. The number of carbonyl (C=O) groups excluding carboxylic acids is 1. The van der Waals surface area contributed by atoms with E-state index in [4.69, 9.17) is 9.47 Å². The van der Waals surface area contributed by atoms with Crippen LogP contribution < -0.4 is 14.8 Å². The lowest BCUT2D eigenvalue weighted by molar-refractivity contribution is -0.112. The number of hydrogen-bond donors (Lipinski definition) is 3.